The van der Waals surface area contributed by atoms with Crippen molar-refractivity contribution in [3.63, 3.8) is 0 Å². The van der Waals surface area contributed by atoms with Crippen LogP contribution < -0.4 is 0 Å². The van der Waals surface area contributed by atoms with Crippen molar-refractivity contribution in [2.24, 2.45) is 7.05 Å². The van der Waals surface area contributed by atoms with Crippen LogP contribution in [0.3, 0.4) is 0 Å². The quantitative estimate of drug-likeness (QED) is 0.774. The summed E-state index contributed by atoms with van der Waals surface area (Å²) in [5.41, 5.74) is 2.84. The van der Waals surface area contributed by atoms with Crippen molar-refractivity contribution in [2.75, 3.05) is 13.2 Å². The van der Waals surface area contributed by atoms with Crippen LogP contribution in [0.15, 0.2) is 6.20 Å². The van der Waals surface area contributed by atoms with Gasteiger partial charge in [0.05, 0.1) is 12.3 Å². The minimum Gasteiger partial charge on any atom is -0.394 e. The number of aliphatic hydroxyl groups is 1. The van der Waals surface area contributed by atoms with Gasteiger partial charge in [0.15, 0.2) is 0 Å². The molecule has 1 N–H and O–H groups in total. The van der Waals surface area contributed by atoms with Gasteiger partial charge in [-0.25, -0.2) is 0 Å². The first-order chi connectivity index (χ1) is 8.23. The number of hydrogen-bond acceptors (Lipinski definition) is 3. The van der Waals surface area contributed by atoms with Gasteiger partial charge in [-0.3, -0.25) is 9.58 Å². The second-order valence-corrected chi connectivity index (χ2v) is 5.97. The van der Waals surface area contributed by atoms with Crippen molar-refractivity contribution in [1.82, 2.24) is 14.7 Å². The molecule has 4 rings (SSSR count). The lowest BCUT2D eigenvalue weighted by Crippen LogP contribution is -2.45. The molecule has 1 aliphatic carbocycles. The fourth-order valence-electron chi connectivity index (χ4n) is 4.48. The number of aromatic nitrogens is 2. The van der Waals surface area contributed by atoms with Gasteiger partial charge in [-0.2, -0.15) is 5.10 Å². The maximum atomic E-state index is 9.77. The Hall–Kier alpha value is -0.870. The molecule has 4 heteroatoms. The Labute approximate surface area is 101 Å². The summed E-state index contributed by atoms with van der Waals surface area (Å²) in [7, 11) is 2.01. The molecule has 0 radical (unpaired) electrons. The Morgan fingerprint density at radius 2 is 2.47 bits per heavy atom. The molecule has 2 aliphatic heterocycles. The van der Waals surface area contributed by atoms with E-state index >= 15 is 0 Å². The highest BCUT2D eigenvalue weighted by Crippen LogP contribution is 2.53. The standard InChI is InChI=1S/C13H19N3O/c1-15-7-10-9-6-13(8-17)3-2-4-16(13)12(9)5-11(10)14-15/h7,9,12,17H,2-6,8H2,1H3. The SMILES string of the molecule is Cn1cc2c(n1)CC1C2CC2(CO)CCCN12. The van der Waals surface area contributed by atoms with Crippen molar-refractivity contribution >= 4 is 0 Å². The van der Waals surface area contributed by atoms with Crippen LogP contribution in [-0.2, 0) is 13.5 Å². The van der Waals surface area contributed by atoms with Crippen LogP contribution >= 0.6 is 0 Å². The maximum Gasteiger partial charge on any atom is 0.0675 e. The van der Waals surface area contributed by atoms with E-state index in [1.807, 2.05) is 11.7 Å². The Balaban J connectivity index is 1.74. The van der Waals surface area contributed by atoms with E-state index < -0.39 is 0 Å². The Morgan fingerprint density at radius 3 is 3.29 bits per heavy atom. The maximum absolute atomic E-state index is 9.77. The molecule has 3 aliphatic rings. The fourth-order valence-corrected chi connectivity index (χ4v) is 4.48. The average Bonchev–Trinajstić information content (AvgIpc) is 2.96. The number of fused-ring (bicyclic) bond motifs is 5. The van der Waals surface area contributed by atoms with Crippen molar-refractivity contribution in [3.8, 4) is 0 Å². The lowest BCUT2D eigenvalue weighted by Gasteiger charge is -2.32. The van der Waals surface area contributed by atoms with Crippen molar-refractivity contribution in [1.29, 1.82) is 0 Å². The first-order valence-corrected chi connectivity index (χ1v) is 6.63. The van der Waals surface area contributed by atoms with E-state index in [2.05, 4.69) is 16.2 Å². The summed E-state index contributed by atoms with van der Waals surface area (Å²) in [5, 5.41) is 14.3. The van der Waals surface area contributed by atoms with Crippen LogP contribution in [-0.4, -0.2) is 44.5 Å². The molecule has 92 valence electrons. The van der Waals surface area contributed by atoms with Crippen molar-refractivity contribution < 1.29 is 5.11 Å². The Morgan fingerprint density at radius 1 is 1.59 bits per heavy atom. The lowest BCUT2D eigenvalue weighted by atomic mass is 9.88. The fraction of sp³-hybridized carbons (Fsp3) is 0.769. The van der Waals surface area contributed by atoms with E-state index in [0.717, 1.165) is 19.4 Å². The van der Waals surface area contributed by atoms with Crippen LogP contribution in [0.2, 0.25) is 0 Å². The van der Waals surface area contributed by atoms with Crippen LogP contribution in [0.5, 0.6) is 0 Å². The minimum atomic E-state index is 0.100. The summed E-state index contributed by atoms with van der Waals surface area (Å²) in [6.45, 7) is 1.49. The van der Waals surface area contributed by atoms with E-state index in [9.17, 15) is 5.11 Å². The molecule has 0 spiro atoms. The summed E-state index contributed by atoms with van der Waals surface area (Å²) in [4.78, 5) is 2.58. The van der Waals surface area contributed by atoms with Gasteiger partial charge in [-0.15, -0.1) is 0 Å². The number of aryl methyl sites for hydroxylation is 1. The zero-order valence-corrected chi connectivity index (χ0v) is 10.3. The van der Waals surface area contributed by atoms with E-state index in [0.29, 0.717) is 18.6 Å². The predicted octanol–water partition coefficient (Wildman–Crippen LogP) is 0.659. The zero-order valence-electron chi connectivity index (χ0n) is 10.3. The van der Waals surface area contributed by atoms with Crippen LogP contribution in [0.4, 0.5) is 0 Å². The van der Waals surface area contributed by atoms with Gasteiger partial charge in [-0.05, 0) is 31.4 Å². The molecule has 3 atom stereocenters. The first kappa shape index (κ1) is 10.1. The van der Waals surface area contributed by atoms with Crippen molar-refractivity contribution in [3.05, 3.63) is 17.5 Å². The van der Waals surface area contributed by atoms with Crippen molar-refractivity contribution in [2.45, 2.75) is 43.2 Å². The van der Waals surface area contributed by atoms with Crippen LogP contribution in [0, 0.1) is 0 Å². The molecule has 1 aromatic heterocycles. The number of aliphatic hydroxyl groups excluding tert-OH is 1. The molecule has 4 nitrogen and oxygen atoms in total. The predicted molar refractivity (Wildman–Crippen MR) is 63.8 cm³/mol. The highest BCUT2D eigenvalue weighted by Gasteiger charge is 2.56. The second-order valence-electron chi connectivity index (χ2n) is 5.97. The summed E-state index contributed by atoms with van der Waals surface area (Å²) < 4.78 is 1.94. The molecule has 0 amide bonds. The minimum absolute atomic E-state index is 0.100. The molecule has 2 fully saturated rings. The van der Waals surface area contributed by atoms with E-state index in [4.69, 9.17) is 0 Å². The average molecular weight is 233 g/mol. The number of nitrogens with zero attached hydrogens (tertiary/aromatic N) is 3. The molecule has 3 heterocycles. The van der Waals surface area contributed by atoms with Gasteiger partial charge in [0, 0.05) is 37.2 Å². The molecule has 3 unspecified atom stereocenters. The first-order valence-electron chi connectivity index (χ1n) is 6.63. The third-order valence-corrected chi connectivity index (χ3v) is 5.15. The van der Waals surface area contributed by atoms with E-state index in [1.54, 1.807) is 0 Å². The molecule has 2 saturated heterocycles. The highest BCUT2D eigenvalue weighted by atomic mass is 16.3. The molecule has 0 bridgehead atoms. The topological polar surface area (TPSA) is 41.3 Å². The molecular weight excluding hydrogens is 214 g/mol. The second kappa shape index (κ2) is 3.12. The zero-order chi connectivity index (χ0) is 11.6. The summed E-state index contributed by atoms with van der Waals surface area (Å²) in [6.07, 6.45) is 6.82. The third-order valence-electron chi connectivity index (χ3n) is 5.15. The monoisotopic (exact) mass is 233 g/mol. The van der Waals surface area contributed by atoms with Gasteiger partial charge >= 0.3 is 0 Å². The van der Waals surface area contributed by atoms with E-state index in [-0.39, 0.29) is 5.54 Å². The summed E-state index contributed by atoms with van der Waals surface area (Å²) in [5.74, 6) is 0.617. The summed E-state index contributed by atoms with van der Waals surface area (Å²) in [6, 6.07) is 0.614. The number of rotatable bonds is 1. The van der Waals surface area contributed by atoms with Gasteiger partial charge in [-0.1, -0.05) is 0 Å². The lowest BCUT2D eigenvalue weighted by molar-refractivity contribution is 0.0779. The Kier molecular flexibility index (Phi) is 1.85. The van der Waals surface area contributed by atoms with Gasteiger partial charge in [0.1, 0.15) is 0 Å². The molecule has 0 aromatic carbocycles. The number of hydrogen-bond donors (Lipinski definition) is 1. The van der Waals surface area contributed by atoms with Crippen LogP contribution in [0.25, 0.3) is 0 Å². The highest BCUT2D eigenvalue weighted by molar-refractivity contribution is 5.35. The molecular formula is C13H19N3O. The van der Waals surface area contributed by atoms with E-state index in [1.165, 1.54) is 24.1 Å². The summed E-state index contributed by atoms with van der Waals surface area (Å²) >= 11 is 0. The van der Waals surface area contributed by atoms with Gasteiger partial charge < -0.3 is 5.11 Å². The van der Waals surface area contributed by atoms with Crippen LogP contribution in [0.1, 0.15) is 36.4 Å². The molecule has 0 saturated carbocycles. The molecule has 1 aromatic rings. The smallest absolute Gasteiger partial charge is 0.0675 e. The Bertz CT molecular complexity index is 469. The van der Waals surface area contributed by atoms with Gasteiger partial charge in [0.25, 0.3) is 0 Å². The third kappa shape index (κ3) is 1.13. The normalized spacial score (nSPS) is 39.4. The largest absolute Gasteiger partial charge is 0.394 e. The molecule has 17 heavy (non-hydrogen) atoms. The van der Waals surface area contributed by atoms with Gasteiger partial charge in [0.2, 0.25) is 0 Å².